The van der Waals surface area contributed by atoms with Crippen LogP contribution in [0.4, 0.5) is 0 Å². The molecule has 0 saturated heterocycles. The molecule has 1 fully saturated rings. The number of hydrogen-bond acceptors (Lipinski definition) is 2. The molecular formula is C15H31NO. The molecule has 1 aliphatic rings. The summed E-state index contributed by atoms with van der Waals surface area (Å²) in [5.41, 5.74) is 0. The average molecular weight is 241 g/mol. The Morgan fingerprint density at radius 2 is 2.00 bits per heavy atom. The van der Waals surface area contributed by atoms with E-state index in [1.807, 2.05) is 0 Å². The van der Waals surface area contributed by atoms with E-state index in [0.29, 0.717) is 12.1 Å². The van der Waals surface area contributed by atoms with Crippen molar-refractivity contribution in [3.05, 3.63) is 0 Å². The van der Waals surface area contributed by atoms with E-state index in [2.05, 4.69) is 33.0 Å². The third kappa shape index (κ3) is 5.39. The summed E-state index contributed by atoms with van der Waals surface area (Å²) in [7, 11) is 0. The fraction of sp³-hybridized carbons (Fsp3) is 1.00. The van der Waals surface area contributed by atoms with Crippen molar-refractivity contribution in [2.24, 2.45) is 11.8 Å². The van der Waals surface area contributed by atoms with Gasteiger partial charge in [0.2, 0.25) is 0 Å². The van der Waals surface area contributed by atoms with Gasteiger partial charge in [0, 0.05) is 6.04 Å². The van der Waals surface area contributed by atoms with E-state index >= 15 is 0 Å². The van der Waals surface area contributed by atoms with Crippen LogP contribution >= 0.6 is 0 Å². The molecule has 0 bridgehead atoms. The largest absolute Gasteiger partial charge is 0.377 e. The normalized spacial score (nSPS) is 26.6. The van der Waals surface area contributed by atoms with E-state index in [-0.39, 0.29) is 0 Å². The first-order valence-electron chi connectivity index (χ1n) is 7.52. The zero-order chi connectivity index (χ0) is 12.7. The fourth-order valence-corrected chi connectivity index (χ4v) is 2.84. The summed E-state index contributed by atoms with van der Waals surface area (Å²) in [6.45, 7) is 10.8. The lowest BCUT2D eigenvalue weighted by atomic mass is 9.96. The van der Waals surface area contributed by atoms with Crippen LogP contribution < -0.4 is 5.32 Å². The van der Waals surface area contributed by atoms with Crippen molar-refractivity contribution in [1.82, 2.24) is 5.32 Å². The summed E-state index contributed by atoms with van der Waals surface area (Å²) in [6.07, 6.45) is 7.13. The van der Waals surface area contributed by atoms with Gasteiger partial charge in [-0.15, -0.1) is 0 Å². The molecule has 2 heteroatoms. The molecule has 0 aromatic carbocycles. The van der Waals surface area contributed by atoms with Crippen molar-refractivity contribution in [2.45, 2.75) is 71.9 Å². The van der Waals surface area contributed by atoms with Gasteiger partial charge in [0.25, 0.3) is 0 Å². The lowest BCUT2D eigenvalue weighted by Gasteiger charge is -2.26. The molecule has 102 valence electrons. The van der Waals surface area contributed by atoms with E-state index < -0.39 is 0 Å². The van der Waals surface area contributed by atoms with Gasteiger partial charge in [0.05, 0.1) is 12.7 Å². The Hall–Kier alpha value is -0.0800. The summed E-state index contributed by atoms with van der Waals surface area (Å²) < 4.78 is 5.82. The van der Waals surface area contributed by atoms with Crippen LogP contribution in [0, 0.1) is 11.8 Å². The van der Waals surface area contributed by atoms with Crippen molar-refractivity contribution in [1.29, 1.82) is 0 Å². The summed E-state index contributed by atoms with van der Waals surface area (Å²) in [4.78, 5) is 0. The van der Waals surface area contributed by atoms with Gasteiger partial charge in [0.15, 0.2) is 0 Å². The van der Waals surface area contributed by atoms with Gasteiger partial charge in [-0.25, -0.2) is 0 Å². The first kappa shape index (κ1) is 15.0. The molecule has 3 unspecified atom stereocenters. The third-order valence-electron chi connectivity index (χ3n) is 3.99. The number of nitrogens with one attached hydrogen (secondary N) is 1. The predicted octanol–water partition coefficient (Wildman–Crippen LogP) is 3.61. The molecule has 0 spiro atoms. The van der Waals surface area contributed by atoms with Crippen molar-refractivity contribution >= 4 is 0 Å². The molecular weight excluding hydrogens is 210 g/mol. The molecule has 1 rings (SSSR count). The molecule has 0 radical (unpaired) electrons. The SMILES string of the molecule is CCCNC(COC(C)C)C1CCC(CC)C1. The lowest BCUT2D eigenvalue weighted by Crippen LogP contribution is -2.40. The van der Waals surface area contributed by atoms with E-state index in [1.54, 1.807) is 0 Å². The standard InChI is InChI=1S/C15H31NO/c1-5-9-16-15(11-17-12(3)4)14-8-7-13(6-2)10-14/h12-16H,5-11H2,1-4H3. The maximum absolute atomic E-state index is 5.82. The van der Waals surface area contributed by atoms with Gasteiger partial charge < -0.3 is 10.1 Å². The highest BCUT2D eigenvalue weighted by Gasteiger charge is 2.29. The molecule has 17 heavy (non-hydrogen) atoms. The number of hydrogen-bond donors (Lipinski definition) is 1. The van der Waals surface area contributed by atoms with Crippen LogP contribution in [0.3, 0.4) is 0 Å². The Kier molecular flexibility index (Phi) is 7.14. The second-order valence-electron chi connectivity index (χ2n) is 5.79. The zero-order valence-corrected chi connectivity index (χ0v) is 12.2. The molecule has 2 nitrogen and oxygen atoms in total. The van der Waals surface area contributed by atoms with Crippen molar-refractivity contribution in [2.75, 3.05) is 13.2 Å². The minimum Gasteiger partial charge on any atom is -0.377 e. The minimum atomic E-state index is 0.351. The maximum atomic E-state index is 5.82. The van der Waals surface area contributed by atoms with Gasteiger partial charge in [-0.1, -0.05) is 26.7 Å². The van der Waals surface area contributed by atoms with Gasteiger partial charge in [0.1, 0.15) is 0 Å². The number of ether oxygens (including phenoxy) is 1. The van der Waals surface area contributed by atoms with Crippen LogP contribution in [0.1, 0.15) is 59.8 Å². The summed E-state index contributed by atoms with van der Waals surface area (Å²) in [5, 5.41) is 3.69. The molecule has 1 N–H and O–H groups in total. The number of rotatable bonds is 8. The van der Waals surface area contributed by atoms with Crippen LogP contribution in [0.15, 0.2) is 0 Å². The predicted molar refractivity (Wildman–Crippen MR) is 74.3 cm³/mol. The molecule has 0 amide bonds. The van der Waals surface area contributed by atoms with E-state index in [1.165, 1.54) is 32.1 Å². The smallest absolute Gasteiger partial charge is 0.0625 e. The molecule has 0 aromatic heterocycles. The van der Waals surface area contributed by atoms with Gasteiger partial charge in [-0.3, -0.25) is 0 Å². The van der Waals surface area contributed by atoms with Crippen molar-refractivity contribution < 1.29 is 4.74 Å². The van der Waals surface area contributed by atoms with Crippen LogP contribution in [0.5, 0.6) is 0 Å². The Balaban J connectivity index is 2.39. The first-order valence-corrected chi connectivity index (χ1v) is 7.52. The molecule has 0 heterocycles. The first-order chi connectivity index (χ1) is 8.17. The lowest BCUT2D eigenvalue weighted by molar-refractivity contribution is 0.0482. The molecule has 1 saturated carbocycles. The van der Waals surface area contributed by atoms with Crippen LogP contribution in [-0.4, -0.2) is 25.3 Å². The van der Waals surface area contributed by atoms with Crippen LogP contribution in [0.25, 0.3) is 0 Å². The van der Waals surface area contributed by atoms with Gasteiger partial charge in [-0.2, -0.15) is 0 Å². The van der Waals surface area contributed by atoms with Crippen LogP contribution in [-0.2, 0) is 4.74 Å². The van der Waals surface area contributed by atoms with Crippen molar-refractivity contribution in [3.63, 3.8) is 0 Å². The Morgan fingerprint density at radius 3 is 2.53 bits per heavy atom. The molecule has 3 atom stereocenters. The highest BCUT2D eigenvalue weighted by atomic mass is 16.5. The topological polar surface area (TPSA) is 21.3 Å². The Bertz CT molecular complexity index is 193. The quantitative estimate of drug-likeness (QED) is 0.701. The van der Waals surface area contributed by atoms with Crippen LogP contribution in [0.2, 0.25) is 0 Å². The van der Waals surface area contributed by atoms with E-state index in [9.17, 15) is 0 Å². The van der Waals surface area contributed by atoms with Gasteiger partial charge in [-0.05, 0) is 51.5 Å². The van der Waals surface area contributed by atoms with Crippen molar-refractivity contribution in [3.8, 4) is 0 Å². The summed E-state index contributed by atoms with van der Waals surface area (Å²) >= 11 is 0. The average Bonchev–Trinajstić information content (AvgIpc) is 2.77. The second kappa shape index (κ2) is 8.10. The molecule has 1 aliphatic carbocycles. The molecule has 0 aliphatic heterocycles. The van der Waals surface area contributed by atoms with E-state index in [4.69, 9.17) is 4.74 Å². The highest BCUT2D eigenvalue weighted by molar-refractivity contribution is 4.84. The van der Waals surface area contributed by atoms with E-state index in [0.717, 1.165) is 25.0 Å². The monoisotopic (exact) mass is 241 g/mol. The zero-order valence-electron chi connectivity index (χ0n) is 12.2. The maximum Gasteiger partial charge on any atom is 0.0625 e. The summed E-state index contributed by atoms with van der Waals surface area (Å²) in [6, 6.07) is 0.578. The fourth-order valence-electron chi connectivity index (χ4n) is 2.84. The highest BCUT2D eigenvalue weighted by Crippen LogP contribution is 2.35. The second-order valence-corrected chi connectivity index (χ2v) is 5.79. The molecule has 0 aromatic rings. The Labute approximate surface area is 108 Å². The Morgan fingerprint density at radius 1 is 1.24 bits per heavy atom. The third-order valence-corrected chi connectivity index (χ3v) is 3.99. The summed E-state index contributed by atoms with van der Waals surface area (Å²) in [5.74, 6) is 1.80. The minimum absolute atomic E-state index is 0.351. The van der Waals surface area contributed by atoms with Gasteiger partial charge >= 0.3 is 0 Å².